The zero-order valence-corrected chi connectivity index (χ0v) is 18.4. The van der Waals surface area contributed by atoms with Gasteiger partial charge < -0.3 is 9.88 Å². The molecule has 0 atom stereocenters. The molecule has 32 heavy (non-hydrogen) atoms. The van der Waals surface area contributed by atoms with Crippen LogP contribution in [0.1, 0.15) is 0 Å². The fourth-order valence-corrected chi connectivity index (χ4v) is 4.71. The summed E-state index contributed by atoms with van der Waals surface area (Å²) in [5.41, 5.74) is 9.29. The molecule has 0 aliphatic carbocycles. The highest BCUT2D eigenvalue weighted by molar-refractivity contribution is 7.08. The second-order valence-corrected chi connectivity index (χ2v) is 8.75. The Bertz CT molecular complexity index is 1560. The molecular formula is C25H20N6S. The van der Waals surface area contributed by atoms with Gasteiger partial charge in [0, 0.05) is 42.8 Å². The third kappa shape index (κ3) is 3.06. The predicted molar refractivity (Wildman–Crippen MR) is 132 cm³/mol. The summed E-state index contributed by atoms with van der Waals surface area (Å²) in [4.78, 5) is 14.5. The number of anilines is 1. The first-order chi connectivity index (χ1) is 15.7. The molecule has 2 N–H and O–H groups in total. The van der Waals surface area contributed by atoms with Crippen LogP contribution in [0.2, 0.25) is 0 Å². The van der Waals surface area contributed by atoms with Crippen molar-refractivity contribution in [3.8, 4) is 33.6 Å². The Morgan fingerprint density at radius 2 is 1.84 bits per heavy atom. The van der Waals surface area contributed by atoms with Gasteiger partial charge in [0.15, 0.2) is 0 Å². The van der Waals surface area contributed by atoms with Crippen molar-refractivity contribution in [2.75, 3.05) is 19.0 Å². The van der Waals surface area contributed by atoms with Gasteiger partial charge in [-0.3, -0.25) is 10.1 Å². The highest BCUT2D eigenvalue weighted by atomic mass is 32.1. The van der Waals surface area contributed by atoms with Crippen LogP contribution >= 0.6 is 11.3 Å². The lowest BCUT2D eigenvalue weighted by atomic mass is 10.0. The Morgan fingerprint density at radius 3 is 2.69 bits per heavy atom. The Kier molecular flexibility index (Phi) is 4.29. The van der Waals surface area contributed by atoms with E-state index in [-0.39, 0.29) is 0 Å². The molecule has 0 bridgehead atoms. The Balaban J connectivity index is 1.49. The zero-order valence-electron chi connectivity index (χ0n) is 17.6. The predicted octanol–water partition coefficient (Wildman–Crippen LogP) is 5.96. The molecule has 0 amide bonds. The van der Waals surface area contributed by atoms with E-state index in [0.717, 1.165) is 50.1 Å². The fourth-order valence-electron chi connectivity index (χ4n) is 4.05. The highest BCUT2D eigenvalue weighted by Crippen LogP contribution is 2.35. The van der Waals surface area contributed by atoms with E-state index >= 15 is 0 Å². The van der Waals surface area contributed by atoms with Crippen molar-refractivity contribution < 1.29 is 0 Å². The van der Waals surface area contributed by atoms with Crippen LogP contribution in [-0.2, 0) is 0 Å². The number of aromatic nitrogens is 5. The van der Waals surface area contributed by atoms with Crippen molar-refractivity contribution in [1.82, 2.24) is 25.1 Å². The number of rotatable bonds is 4. The monoisotopic (exact) mass is 436 g/mol. The van der Waals surface area contributed by atoms with Crippen molar-refractivity contribution >= 4 is 39.0 Å². The zero-order chi connectivity index (χ0) is 21.7. The largest absolute Gasteiger partial charge is 0.376 e. The van der Waals surface area contributed by atoms with Crippen LogP contribution in [0.3, 0.4) is 0 Å². The van der Waals surface area contributed by atoms with E-state index in [9.17, 15) is 0 Å². The van der Waals surface area contributed by atoms with Crippen LogP contribution in [0.15, 0.2) is 71.8 Å². The Labute approximate surface area is 188 Å². The first-order valence-electron chi connectivity index (χ1n) is 10.3. The van der Waals surface area contributed by atoms with Gasteiger partial charge in [-0.05, 0) is 63.8 Å². The molecular weight excluding hydrogens is 416 g/mol. The Hall–Kier alpha value is -3.97. The van der Waals surface area contributed by atoms with E-state index in [1.165, 1.54) is 11.1 Å². The van der Waals surface area contributed by atoms with Crippen molar-refractivity contribution in [3.63, 3.8) is 0 Å². The summed E-state index contributed by atoms with van der Waals surface area (Å²) in [6, 6.07) is 14.8. The third-order valence-electron chi connectivity index (χ3n) is 5.76. The number of fused-ring (bicyclic) bond motifs is 2. The molecule has 0 aliphatic rings. The summed E-state index contributed by atoms with van der Waals surface area (Å²) in [6.45, 7) is 0. The Morgan fingerprint density at radius 1 is 0.906 bits per heavy atom. The summed E-state index contributed by atoms with van der Waals surface area (Å²) >= 11 is 1.70. The van der Waals surface area contributed by atoms with Gasteiger partial charge in [0.25, 0.3) is 0 Å². The number of H-pyrrole nitrogens is 2. The van der Waals surface area contributed by atoms with E-state index < -0.39 is 0 Å². The van der Waals surface area contributed by atoms with Gasteiger partial charge in [-0.25, -0.2) is 4.98 Å². The molecule has 0 saturated carbocycles. The minimum atomic E-state index is 0.860. The SMILES string of the molecule is CN(C)c1cncc(-c2ccc3[nH]nc(-c4cc5c(-c6ccsc6)ccnc5[nH]4)c3c2)c1. The van der Waals surface area contributed by atoms with Gasteiger partial charge in [0.1, 0.15) is 11.3 Å². The normalized spacial score (nSPS) is 11.4. The van der Waals surface area contributed by atoms with Crippen molar-refractivity contribution in [1.29, 1.82) is 0 Å². The van der Waals surface area contributed by atoms with Crippen LogP contribution in [0.25, 0.3) is 55.6 Å². The average molecular weight is 437 g/mol. The van der Waals surface area contributed by atoms with Crippen LogP contribution in [0, 0.1) is 0 Å². The van der Waals surface area contributed by atoms with E-state index in [1.54, 1.807) is 11.3 Å². The lowest BCUT2D eigenvalue weighted by molar-refractivity contribution is 1.11. The lowest BCUT2D eigenvalue weighted by Crippen LogP contribution is -2.08. The highest BCUT2D eigenvalue weighted by Gasteiger charge is 2.15. The van der Waals surface area contributed by atoms with Gasteiger partial charge >= 0.3 is 0 Å². The molecule has 5 aromatic heterocycles. The van der Waals surface area contributed by atoms with Gasteiger partial charge in [-0.2, -0.15) is 16.4 Å². The smallest absolute Gasteiger partial charge is 0.138 e. The summed E-state index contributed by atoms with van der Waals surface area (Å²) in [5, 5.41) is 14.2. The molecule has 1 aromatic carbocycles. The van der Waals surface area contributed by atoms with Gasteiger partial charge in [-0.15, -0.1) is 0 Å². The maximum absolute atomic E-state index is 4.63. The molecule has 0 unspecified atom stereocenters. The average Bonchev–Trinajstić information content (AvgIpc) is 3.57. The van der Waals surface area contributed by atoms with Gasteiger partial charge in [0.05, 0.1) is 23.1 Å². The number of hydrogen-bond acceptors (Lipinski definition) is 5. The number of hydrogen-bond donors (Lipinski definition) is 2. The quantitative estimate of drug-likeness (QED) is 0.357. The minimum Gasteiger partial charge on any atom is -0.376 e. The lowest BCUT2D eigenvalue weighted by Gasteiger charge is -2.13. The fraction of sp³-hybridized carbons (Fsp3) is 0.0800. The molecule has 7 heteroatoms. The summed E-state index contributed by atoms with van der Waals surface area (Å²) in [5.74, 6) is 0. The molecule has 6 rings (SSSR count). The topological polar surface area (TPSA) is 73.5 Å². The summed E-state index contributed by atoms with van der Waals surface area (Å²) in [7, 11) is 4.04. The standard InChI is InChI=1S/C25H20N6S/c1-31(2)18-9-17(12-26-13-18)15-3-4-22-21(10-15)24(30-29-22)23-11-20-19(16-6-8-32-14-16)5-7-27-25(20)28-23/h3-14H,1-2H3,(H,27,28)(H,29,30). The van der Waals surface area contributed by atoms with Gasteiger partial charge in [0.2, 0.25) is 0 Å². The summed E-state index contributed by atoms with van der Waals surface area (Å²) in [6.07, 6.45) is 5.61. The molecule has 0 saturated heterocycles. The van der Waals surface area contributed by atoms with E-state index in [4.69, 9.17) is 0 Å². The second-order valence-electron chi connectivity index (χ2n) is 7.97. The van der Waals surface area contributed by atoms with Crippen LogP contribution in [-0.4, -0.2) is 39.2 Å². The molecule has 0 spiro atoms. The molecule has 156 valence electrons. The first kappa shape index (κ1) is 18.8. The number of nitrogens with zero attached hydrogens (tertiary/aromatic N) is 4. The number of aromatic amines is 2. The molecule has 0 aliphatic heterocycles. The minimum absolute atomic E-state index is 0.860. The molecule has 6 aromatic rings. The maximum atomic E-state index is 4.63. The van der Waals surface area contributed by atoms with Gasteiger partial charge in [-0.1, -0.05) is 6.07 Å². The van der Waals surface area contributed by atoms with E-state index in [0.29, 0.717) is 0 Å². The number of thiophene rings is 1. The van der Waals surface area contributed by atoms with E-state index in [2.05, 4.69) is 83.3 Å². The molecule has 5 heterocycles. The number of benzene rings is 1. The summed E-state index contributed by atoms with van der Waals surface area (Å²) < 4.78 is 0. The van der Waals surface area contributed by atoms with Crippen molar-refractivity contribution in [3.05, 3.63) is 71.8 Å². The molecule has 0 radical (unpaired) electrons. The van der Waals surface area contributed by atoms with Crippen molar-refractivity contribution in [2.24, 2.45) is 0 Å². The van der Waals surface area contributed by atoms with Crippen LogP contribution in [0.5, 0.6) is 0 Å². The second kappa shape index (κ2) is 7.32. The van der Waals surface area contributed by atoms with Crippen LogP contribution in [0.4, 0.5) is 5.69 Å². The molecule has 6 nitrogen and oxygen atoms in total. The molecule has 0 fully saturated rings. The third-order valence-corrected chi connectivity index (χ3v) is 6.44. The van der Waals surface area contributed by atoms with Crippen LogP contribution < -0.4 is 4.90 Å². The van der Waals surface area contributed by atoms with Crippen molar-refractivity contribution in [2.45, 2.75) is 0 Å². The maximum Gasteiger partial charge on any atom is 0.138 e. The number of nitrogens with one attached hydrogen (secondary N) is 2. The number of pyridine rings is 2. The first-order valence-corrected chi connectivity index (χ1v) is 11.2. The van der Waals surface area contributed by atoms with E-state index in [1.807, 2.05) is 32.7 Å².